The maximum Gasteiger partial charge on any atom is 0.275 e. The van der Waals surface area contributed by atoms with Crippen molar-refractivity contribution in [1.29, 1.82) is 0 Å². The first kappa shape index (κ1) is 19.9. The molecule has 0 spiro atoms. The Morgan fingerprint density at radius 2 is 1.79 bits per heavy atom. The zero-order valence-corrected chi connectivity index (χ0v) is 16.3. The third-order valence-electron chi connectivity index (χ3n) is 4.45. The molecule has 29 heavy (non-hydrogen) atoms. The fraction of sp³-hybridized carbons (Fsp3) is 0.130. The first-order valence-corrected chi connectivity index (χ1v) is 8.98. The standard InChI is InChI=1S/C23H22N2O4/c1-4-7-18-10-15(11-21(29-3)22(18)26)14-24-25-23(27)19-12-16-8-5-6-9-17(16)13-20(19)28-2/h4-6,8-14,26H,1,7H2,2-3H3,(H,25,27)/b24-14-. The van der Waals surface area contributed by atoms with Crippen LogP contribution >= 0.6 is 0 Å². The van der Waals surface area contributed by atoms with E-state index in [1.165, 1.54) is 20.4 Å². The third-order valence-corrected chi connectivity index (χ3v) is 4.45. The molecule has 0 radical (unpaired) electrons. The Hall–Kier alpha value is -3.80. The number of methoxy groups -OCH3 is 2. The van der Waals surface area contributed by atoms with Crippen molar-refractivity contribution in [3.8, 4) is 17.2 Å². The number of aromatic hydroxyl groups is 1. The van der Waals surface area contributed by atoms with Crippen molar-refractivity contribution < 1.29 is 19.4 Å². The average molecular weight is 390 g/mol. The Kier molecular flexibility index (Phi) is 6.14. The minimum absolute atomic E-state index is 0.0643. The normalized spacial score (nSPS) is 10.8. The van der Waals surface area contributed by atoms with E-state index in [4.69, 9.17) is 9.47 Å². The summed E-state index contributed by atoms with van der Waals surface area (Å²) >= 11 is 0. The number of benzene rings is 3. The van der Waals surface area contributed by atoms with E-state index in [0.717, 1.165) is 10.8 Å². The quantitative estimate of drug-likeness (QED) is 0.362. The molecule has 2 N–H and O–H groups in total. The van der Waals surface area contributed by atoms with Gasteiger partial charge in [0.1, 0.15) is 5.75 Å². The van der Waals surface area contributed by atoms with E-state index in [1.807, 2.05) is 30.3 Å². The molecule has 148 valence electrons. The van der Waals surface area contributed by atoms with Crippen LogP contribution in [0.4, 0.5) is 0 Å². The van der Waals surface area contributed by atoms with Crippen LogP contribution in [0.25, 0.3) is 10.8 Å². The van der Waals surface area contributed by atoms with E-state index in [2.05, 4.69) is 17.1 Å². The molecule has 3 aromatic carbocycles. The molecule has 0 heterocycles. The summed E-state index contributed by atoms with van der Waals surface area (Å²) < 4.78 is 10.5. The van der Waals surface area contributed by atoms with Crippen LogP contribution in [0.5, 0.6) is 17.2 Å². The summed E-state index contributed by atoms with van der Waals surface area (Å²) in [6, 6.07) is 14.7. The minimum atomic E-state index is -0.388. The lowest BCUT2D eigenvalue weighted by molar-refractivity contribution is 0.0952. The molecule has 1 amide bonds. The monoisotopic (exact) mass is 390 g/mol. The summed E-state index contributed by atoms with van der Waals surface area (Å²) in [4.78, 5) is 12.6. The molecule has 0 saturated carbocycles. The molecule has 6 heteroatoms. The molecule has 0 bridgehead atoms. The fourth-order valence-electron chi connectivity index (χ4n) is 3.02. The highest BCUT2D eigenvalue weighted by atomic mass is 16.5. The molecule has 0 aromatic heterocycles. The lowest BCUT2D eigenvalue weighted by Gasteiger charge is -2.10. The number of carbonyl (C=O) groups excluding carboxylic acids is 1. The van der Waals surface area contributed by atoms with Crippen molar-refractivity contribution >= 4 is 22.9 Å². The number of ether oxygens (including phenoxy) is 2. The molecular weight excluding hydrogens is 368 g/mol. The van der Waals surface area contributed by atoms with Gasteiger partial charge >= 0.3 is 0 Å². The summed E-state index contributed by atoms with van der Waals surface area (Å²) in [7, 11) is 3.00. The van der Waals surface area contributed by atoms with Gasteiger partial charge in [0, 0.05) is 5.56 Å². The van der Waals surface area contributed by atoms with E-state index in [9.17, 15) is 9.90 Å². The number of rotatable bonds is 7. The summed E-state index contributed by atoms with van der Waals surface area (Å²) in [6.07, 6.45) is 3.65. The van der Waals surface area contributed by atoms with Crippen molar-refractivity contribution in [3.63, 3.8) is 0 Å². The van der Waals surface area contributed by atoms with Crippen molar-refractivity contribution in [2.24, 2.45) is 5.10 Å². The highest BCUT2D eigenvalue weighted by molar-refractivity contribution is 6.02. The second-order valence-electron chi connectivity index (χ2n) is 6.32. The van der Waals surface area contributed by atoms with Crippen LogP contribution in [0, 0.1) is 0 Å². The molecule has 6 nitrogen and oxygen atoms in total. The maximum atomic E-state index is 12.6. The van der Waals surface area contributed by atoms with Gasteiger partial charge in [-0.15, -0.1) is 6.58 Å². The fourth-order valence-corrected chi connectivity index (χ4v) is 3.02. The predicted octanol–water partition coefficient (Wildman–Crippen LogP) is 4.06. The minimum Gasteiger partial charge on any atom is -0.504 e. The predicted molar refractivity (Wildman–Crippen MR) is 114 cm³/mol. The zero-order chi connectivity index (χ0) is 20.8. The van der Waals surface area contributed by atoms with Crippen molar-refractivity contribution in [2.75, 3.05) is 14.2 Å². The Morgan fingerprint density at radius 1 is 1.10 bits per heavy atom. The molecule has 0 aliphatic carbocycles. The van der Waals surface area contributed by atoms with Crippen LogP contribution in [0.1, 0.15) is 21.5 Å². The molecule has 0 fully saturated rings. The number of hydrogen-bond donors (Lipinski definition) is 2. The summed E-state index contributed by atoms with van der Waals surface area (Å²) in [5, 5.41) is 16.1. The van der Waals surface area contributed by atoms with Crippen LogP contribution in [0.3, 0.4) is 0 Å². The van der Waals surface area contributed by atoms with Gasteiger partial charge in [0.25, 0.3) is 5.91 Å². The Morgan fingerprint density at radius 3 is 2.45 bits per heavy atom. The molecule has 0 unspecified atom stereocenters. The average Bonchev–Trinajstić information content (AvgIpc) is 2.74. The number of nitrogens with zero attached hydrogens (tertiary/aromatic N) is 1. The number of hydrazone groups is 1. The van der Waals surface area contributed by atoms with E-state index in [-0.39, 0.29) is 11.7 Å². The van der Waals surface area contributed by atoms with Gasteiger partial charge in [-0.2, -0.15) is 5.10 Å². The number of nitrogens with one attached hydrogen (secondary N) is 1. The molecule has 0 aliphatic rings. The molecule has 0 aliphatic heterocycles. The van der Waals surface area contributed by atoms with Crippen molar-refractivity contribution in [3.05, 3.63) is 77.9 Å². The molecule has 0 atom stereocenters. The number of amides is 1. The Labute approximate surface area is 169 Å². The van der Waals surface area contributed by atoms with Gasteiger partial charge in [-0.3, -0.25) is 4.79 Å². The second kappa shape index (κ2) is 8.93. The summed E-state index contributed by atoms with van der Waals surface area (Å²) in [6.45, 7) is 3.68. The van der Waals surface area contributed by atoms with Crippen LogP contribution in [0.2, 0.25) is 0 Å². The number of phenols is 1. The highest BCUT2D eigenvalue weighted by Crippen LogP contribution is 2.31. The summed E-state index contributed by atoms with van der Waals surface area (Å²) in [5.74, 6) is 0.472. The zero-order valence-electron chi connectivity index (χ0n) is 16.3. The van der Waals surface area contributed by atoms with E-state index in [1.54, 1.807) is 24.3 Å². The van der Waals surface area contributed by atoms with E-state index < -0.39 is 0 Å². The van der Waals surface area contributed by atoms with Gasteiger partial charge in [-0.25, -0.2) is 5.43 Å². The van der Waals surface area contributed by atoms with E-state index >= 15 is 0 Å². The number of carbonyl (C=O) groups is 1. The van der Waals surface area contributed by atoms with Gasteiger partial charge in [-0.05, 0) is 47.0 Å². The van der Waals surface area contributed by atoms with Gasteiger partial charge in [0.2, 0.25) is 0 Å². The van der Waals surface area contributed by atoms with Crippen LogP contribution in [-0.4, -0.2) is 31.4 Å². The Balaban J connectivity index is 1.84. The maximum absolute atomic E-state index is 12.6. The number of hydrogen-bond acceptors (Lipinski definition) is 5. The van der Waals surface area contributed by atoms with Gasteiger partial charge < -0.3 is 14.6 Å². The van der Waals surface area contributed by atoms with E-state index in [0.29, 0.717) is 34.6 Å². The molecule has 3 rings (SSSR count). The SMILES string of the molecule is C=CCc1cc(/C=N\NC(=O)c2cc3ccccc3cc2OC)cc(OC)c1O. The molecule has 0 saturated heterocycles. The number of phenolic OH excluding ortho intramolecular Hbond substituents is 1. The van der Waals surface area contributed by atoms with Gasteiger partial charge in [0.15, 0.2) is 11.5 Å². The largest absolute Gasteiger partial charge is 0.504 e. The van der Waals surface area contributed by atoms with Gasteiger partial charge in [0.05, 0.1) is 26.0 Å². The highest BCUT2D eigenvalue weighted by Gasteiger charge is 2.13. The first-order valence-electron chi connectivity index (χ1n) is 8.98. The first-order chi connectivity index (χ1) is 14.1. The molecule has 3 aromatic rings. The molecular formula is C23H22N2O4. The van der Waals surface area contributed by atoms with Crippen molar-refractivity contribution in [1.82, 2.24) is 5.43 Å². The summed E-state index contributed by atoms with van der Waals surface area (Å²) in [5.41, 5.74) is 4.23. The van der Waals surface area contributed by atoms with Crippen molar-refractivity contribution in [2.45, 2.75) is 6.42 Å². The third kappa shape index (κ3) is 4.38. The van der Waals surface area contributed by atoms with Gasteiger partial charge in [-0.1, -0.05) is 30.3 Å². The number of fused-ring (bicyclic) bond motifs is 1. The number of allylic oxidation sites excluding steroid dienone is 1. The smallest absolute Gasteiger partial charge is 0.275 e. The lowest BCUT2D eigenvalue weighted by Crippen LogP contribution is -2.18. The van der Waals surface area contributed by atoms with Crippen LogP contribution in [0.15, 0.2) is 66.3 Å². The topological polar surface area (TPSA) is 80.2 Å². The van der Waals surface area contributed by atoms with Crippen LogP contribution in [-0.2, 0) is 6.42 Å². The lowest BCUT2D eigenvalue weighted by atomic mass is 10.1. The Bertz CT molecular complexity index is 1090. The van der Waals surface area contributed by atoms with Crippen LogP contribution < -0.4 is 14.9 Å². The second-order valence-corrected chi connectivity index (χ2v) is 6.32.